The molecule has 9 heteroatoms. The summed E-state index contributed by atoms with van der Waals surface area (Å²) in [6.07, 6.45) is 5.19. The number of aliphatic hydroxyl groups is 5. The Kier molecular flexibility index (Phi) is 9.91. The third kappa shape index (κ3) is 5.49. The Bertz CT molecular complexity index is 1180. The molecule has 1 aliphatic heterocycles. The van der Waals surface area contributed by atoms with Crippen molar-refractivity contribution in [3.63, 3.8) is 0 Å². The van der Waals surface area contributed by atoms with Crippen LogP contribution in [0.4, 0.5) is 0 Å². The van der Waals surface area contributed by atoms with E-state index in [0.29, 0.717) is 31.1 Å². The molecule has 4 fully saturated rings. The van der Waals surface area contributed by atoms with Gasteiger partial charge in [-0.3, -0.25) is 0 Å². The number of fused-ring (bicyclic) bond motifs is 5. The van der Waals surface area contributed by atoms with Gasteiger partial charge in [0.15, 0.2) is 6.29 Å². The highest BCUT2D eigenvalue weighted by Crippen LogP contribution is 2.75. The van der Waals surface area contributed by atoms with Crippen molar-refractivity contribution in [3.8, 4) is 0 Å². The molecule has 14 atom stereocenters. The number of hydrogen-bond acceptors (Lipinski definition) is 9. The number of hydrogen-bond donors (Lipinski definition) is 5. The molecular formula is C37H60O9. The zero-order valence-corrected chi connectivity index (χ0v) is 29.2. The Labute approximate surface area is 275 Å². The maximum atomic E-state index is 13.7. The largest absolute Gasteiger partial charge is 0.394 e. The number of ether oxygens (including phenoxy) is 3. The number of carbonyl (C=O) groups excluding carboxylic acids is 1. The van der Waals surface area contributed by atoms with Crippen LogP contribution in [0.25, 0.3) is 0 Å². The van der Waals surface area contributed by atoms with E-state index in [1.807, 2.05) is 27.7 Å². The second kappa shape index (κ2) is 12.6. The Balaban J connectivity index is 1.57. The second-order valence-electron chi connectivity index (χ2n) is 16.9. The predicted octanol–water partition coefficient (Wildman–Crippen LogP) is 3.93. The van der Waals surface area contributed by atoms with Crippen LogP contribution in [0.1, 0.15) is 93.4 Å². The van der Waals surface area contributed by atoms with Crippen LogP contribution in [-0.4, -0.2) is 94.1 Å². The first-order valence-electron chi connectivity index (χ1n) is 17.5. The Morgan fingerprint density at radius 3 is 2.33 bits per heavy atom. The normalized spacial score (nSPS) is 47.9. The van der Waals surface area contributed by atoms with Crippen LogP contribution in [0.3, 0.4) is 0 Å². The molecule has 0 spiro atoms. The fraction of sp³-hybridized carbons (Fsp3) is 0.865. The molecule has 0 bridgehead atoms. The third-order valence-corrected chi connectivity index (χ3v) is 14.0. The smallest absolute Gasteiger partial charge is 0.187 e. The maximum absolute atomic E-state index is 13.7. The van der Waals surface area contributed by atoms with Crippen molar-refractivity contribution in [2.24, 2.45) is 45.3 Å². The van der Waals surface area contributed by atoms with E-state index < -0.39 is 60.4 Å². The van der Waals surface area contributed by atoms with Crippen molar-refractivity contribution in [3.05, 3.63) is 23.8 Å². The van der Waals surface area contributed by atoms with Gasteiger partial charge in [-0.25, -0.2) is 0 Å². The molecule has 0 unspecified atom stereocenters. The van der Waals surface area contributed by atoms with Gasteiger partial charge in [-0.2, -0.15) is 0 Å². The van der Waals surface area contributed by atoms with Gasteiger partial charge in [-0.05, 0) is 87.4 Å². The van der Waals surface area contributed by atoms with Crippen LogP contribution < -0.4 is 0 Å². The molecule has 1 saturated heterocycles. The van der Waals surface area contributed by atoms with Crippen molar-refractivity contribution in [1.29, 1.82) is 0 Å². The van der Waals surface area contributed by atoms with Gasteiger partial charge >= 0.3 is 0 Å². The molecule has 5 aliphatic rings. The van der Waals surface area contributed by atoms with Gasteiger partial charge in [0.25, 0.3) is 0 Å². The van der Waals surface area contributed by atoms with Gasteiger partial charge in [-0.15, -0.1) is 0 Å². The molecule has 0 aromatic rings. The summed E-state index contributed by atoms with van der Waals surface area (Å²) >= 11 is 0. The molecule has 262 valence electrons. The summed E-state index contributed by atoms with van der Waals surface area (Å²) in [4.78, 5) is 13.7. The molecule has 0 amide bonds. The van der Waals surface area contributed by atoms with Crippen LogP contribution in [0.2, 0.25) is 0 Å². The van der Waals surface area contributed by atoms with E-state index in [9.17, 15) is 30.3 Å². The second-order valence-corrected chi connectivity index (χ2v) is 16.9. The average Bonchev–Trinajstić information content (AvgIpc) is 3.29. The first-order chi connectivity index (χ1) is 21.4. The molecule has 9 nitrogen and oxygen atoms in total. The van der Waals surface area contributed by atoms with E-state index in [4.69, 9.17) is 14.2 Å². The molecule has 0 radical (unpaired) electrons. The van der Waals surface area contributed by atoms with Crippen LogP contribution in [0.15, 0.2) is 23.8 Å². The van der Waals surface area contributed by atoms with E-state index in [2.05, 4.69) is 39.0 Å². The highest BCUT2D eigenvalue weighted by molar-refractivity contribution is 5.65. The van der Waals surface area contributed by atoms with Crippen LogP contribution in [-0.2, 0) is 19.0 Å². The van der Waals surface area contributed by atoms with Gasteiger partial charge in [0.2, 0.25) is 0 Å². The summed E-state index contributed by atoms with van der Waals surface area (Å²) in [6, 6.07) is 0. The number of carbonyl (C=O) groups is 1. The predicted molar refractivity (Wildman–Crippen MR) is 173 cm³/mol. The van der Waals surface area contributed by atoms with Crippen molar-refractivity contribution >= 4 is 6.29 Å². The van der Waals surface area contributed by atoms with Crippen LogP contribution >= 0.6 is 0 Å². The van der Waals surface area contributed by atoms with Gasteiger partial charge in [0, 0.05) is 23.9 Å². The summed E-state index contributed by atoms with van der Waals surface area (Å²) in [5, 5.41) is 53.1. The summed E-state index contributed by atoms with van der Waals surface area (Å²) in [5.41, 5.74) is -1.05. The standard InChI is InChI=1S/C37H60O9/c1-21(10-9-14-33(2,3)44-8)22-13-15-36(7)31-25(45-32-30(43)29(42)28(41)26(19-38)46-32)18-24-23(11-12-27(40)34(24,4)5)37(31,20-39)17-16-35(22,36)6/h9,14,18,20-23,25-32,38,40-43H,10-13,15-17,19H2,1-8H3/t21-,22-,23-,25+,26-,27+,28-,29+,30-,31+,32-,35-,36+,37-/m1/s1. The number of aliphatic hydroxyl groups excluding tert-OH is 5. The summed E-state index contributed by atoms with van der Waals surface area (Å²) in [5.74, 6) is 0.534. The van der Waals surface area contributed by atoms with Crippen molar-refractivity contribution in [1.82, 2.24) is 0 Å². The van der Waals surface area contributed by atoms with Crippen molar-refractivity contribution < 1.29 is 44.5 Å². The van der Waals surface area contributed by atoms with Gasteiger partial charge < -0.3 is 44.5 Å². The highest BCUT2D eigenvalue weighted by atomic mass is 16.7. The van der Waals surface area contributed by atoms with Crippen molar-refractivity contribution in [2.75, 3.05) is 13.7 Å². The first-order valence-corrected chi connectivity index (χ1v) is 17.5. The Morgan fingerprint density at radius 1 is 1.00 bits per heavy atom. The molecule has 1 heterocycles. The maximum Gasteiger partial charge on any atom is 0.187 e. The number of allylic oxidation sites excluding steroid dienone is 1. The van der Waals surface area contributed by atoms with E-state index >= 15 is 0 Å². The Morgan fingerprint density at radius 2 is 1.70 bits per heavy atom. The van der Waals surface area contributed by atoms with Crippen LogP contribution in [0, 0.1) is 45.3 Å². The number of methoxy groups -OCH3 is 1. The molecule has 3 saturated carbocycles. The van der Waals surface area contributed by atoms with E-state index in [1.54, 1.807) is 7.11 Å². The molecule has 46 heavy (non-hydrogen) atoms. The fourth-order valence-corrected chi connectivity index (χ4v) is 10.8. The molecule has 0 aromatic carbocycles. The lowest BCUT2D eigenvalue weighted by atomic mass is 9.38. The average molecular weight is 649 g/mol. The zero-order valence-electron chi connectivity index (χ0n) is 29.2. The first kappa shape index (κ1) is 36.1. The van der Waals surface area contributed by atoms with E-state index in [1.165, 1.54) is 6.29 Å². The minimum Gasteiger partial charge on any atom is -0.394 e. The quantitative estimate of drug-likeness (QED) is 0.185. The highest BCUT2D eigenvalue weighted by Gasteiger charge is 2.71. The molecule has 5 rings (SSSR count). The monoisotopic (exact) mass is 648 g/mol. The third-order valence-electron chi connectivity index (χ3n) is 14.0. The summed E-state index contributed by atoms with van der Waals surface area (Å²) < 4.78 is 18.2. The van der Waals surface area contributed by atoms with Crippen molar-refractivity contribution in [2.45, 2.75) is 142 Å². The Hall–Kier alpha value is -1.17. The summed E-state index contributed by atoms with van der Waals surface area (Å²) in [7, 11) is 1.72. The number of aldehydes is 1. The zero-order chi connectivity index (χ0) is 34.0. The molecule has 4 aliphatic carbocycles. The number of rotatable bonds is 9. The molecular weight excluding hydrogens is 588 g/mol. The lowest BCUT2D eigenvalue weighted by Crippen LogP contribution is -2.66. The lowest BCUT2D eigenvalue weighted by Gasteiger charge is -2.66. The van der Waals surface area contributed by atoms with E-state index in [0.717, 1.165) is 31.3 Å². The van der Waals surface area contributed by atoms with Gasteiger partial charge in [-0.1, -0.05) is 58.4 Å². The minimum absolute atomic E-state index is 0.0416. The van der Waals surface area contributed by atoms with Gasteiger partial charge in [0.1, 0.15) is 30.7 Å². The lowest BCUT2D eigenvalue weighted by molar-refractivity contribution is -0.321. The summed E-state index contributed by atoms with van der Waals surface area (Å²) in [6.45, 7) is 14.7. The molecule has 5 N–H and O–H groups in total. The minimum atomic E-state index is -1.57. The van der Waals surface area contributed by atoms with E-state index in [-0.39, 0.29) is 28.3 Å². The fourth-order valence-electron chi connectivity index (χ4n) is 10.8. The molecule has 0 aromatic heterocycles. The SMILES string of the molecule is COC(C)(C)C=CC[C@@H](C)[C@H]1CC[C@@]2(C)[C@@H]3[C@@H](O[C@@H]4O[C@H](CO)[C@@H](O)[C@H](O)[C@H]4O)C=C4[C@@H](CC[C@H](O)C4(C)C)[C@]3(C=O)CC[C@]12C. The van der Waals surface area contributed by atoms with Crippen LogP contribution in [0.5, 0.6) is 0 Å². The topological polar surface area (TPSA) is 146 Å². The van der Waals surface area contributed by atoms with Gasteiger partial charge in [0.05, 0.1) is 24.4 Å².